The molecule has 0 saturated heterocycles. The first-order valence-corrected chi connectivity index (χ1v) is 25.3. The van der Waals surface area contributed by atoms with Crippen LogP contribution >= 0.6 is 21.6 Å². The first-order chi connectivity index (χ1) is 33.1. The monoisotopic (exact) mass is 1040 g/mol. The highest BCUT2D eigenvalue weighted by molar-refractivity contribution is 8.76. The van der Waals surface area contributed by atoms with E-state index in [4.69, 9.17) is 28.4 Å². The first-order valence-electron chi connectivity index (χ1n) is 23.2. The van der Waals surface area contributed by atoms with Crippen molar-refractivity contribution in [1.29, 1.82) is 0 Å². The number of Topliss-reactive ketones (excluding diaryl/α,β-unsaturated/α-hetero) is 1. The molecule has 5 amide bonds. The Hall–Kier alpha value is -4.68. The fourth-order valence-electron chi connectivity index (χ4n) is 7.04. The Morgan fingerprint density at radius 3 is 1.32 bits per heavy atom. The number of alkyl carbamates (subject to hydrolysis) is 2. The van der Waals surface area contributed by atoms with Gasteiger partial charge in [0.15, 0.2) is 18.4 Å². The number of methoxy groups -OCH3 is 4. The van der Waals surface area contributed by atoms with Gasteiger partial charge in [-0.2, -0.15) is 0 Å². The first kappa shape index (κ1) is 62.4. The maximum atomic E-state index is 14.4. The normalized spacial score (nSPS) is 13.9. The van der Waals surface area contributed by atoms with E-state index in [0.717, 1.165) is 4.90 Å². The molecule has 8 N–H and O–H groups in total. The van der Waals surface area contributed by atoms with E-state index in [-0.39, 0.29) is 32.2 Å². The Bertz CT molecular complexity index is 2040. The summed E-state index contributed by atoms with van der Waals surface area (Å²) < 4.78 is 32.5. The van der Waals surface area contributed by atoms with Gasteiger partial charge in [0.2, 0.25) is 17.7 Å². The van der Waals surface area contributed by atoms with Gasteiger partial charge < -0.3 is 70.5 Å². The maximum absolute atomic E-state index is 14.4. The van der Waals surface area contributed by atoms with Crippen LogP contribution in [-0.4, -0.2) is 142 Å². The average molecular weight is 1040 g/mol. The van der Waals surface area contributed by atoms with Crippen LogP contribution in [0.5, 0.6) is 0 Å². The smallest absolute Gasteiger partial charge is 0.408 e. The van der Waals surface area contributed by atoms with Crippen LogP contribution in [0.25, 0.3) is 0 Å². The summed E-state index contributed by atoms with van der Waals surface area (Å²) in [7, 11) is 8.51. The van der Waals surface area contributed by atoms with Crippen molar-refractivity contribution in [2.24, 2.45) is 10.8 Å². The molecular formula is C49H78N6O14S2. The van der Waals surface area contributed by atoms with Gasteiger partial charge in [-0.1, -0.05) is 73.5 Å². The Morgan fingerprint density at radius 2 is 0.915 bits per heavy atom. The number of ether oxygens (including phenoxy) is 6. The molecule has 0 aromatic heterocycles. The van der Waals surface area contributed by atoms with E-state index in [0.29, 0.717) is 16.3 Å². The third-order valence-electron chi connectivity index (χ3n) is 10.7. The molecule has 0 aliphatic carbocycles. The third kappa shape index (κ3) is 21.9. The van der Waals surface area contributed by atoms with Gasteiger partial charge in [0, 0.05) is 70.0 Å². The number of anilines is 2. The van der Waals surface area contributed by atoms with Crippen LogP contribution in [0, 0.1) is 10.8 Å². The second-order valence-electron chi connectivity index (χ2n) is 20.0. The molecule has 71 heavy (non-hydrogen) atoms. The quantitative estimate of drug-likeness (QED) is 0.0343. The SMILES string of the molecule is COC(CC(C)(C)C(NC(=O)[C@H](CCO)NC(=O)OC(C)(C)C)C(=O)Nc1ccccc1SSc1ccccc1NCC(=O)[C@H](NC(=O)[C@H](CCO)NC(=O)OC(C)(C)C)C(C)(C)CC(OC)OC)OC. The number of para-hydroxylation sites is 2. The molecule has 0 heterocycles. The van der Waals surface area contributed by atoms with E-state index in [1.165, 1.54) is 50.0 Å². The van der Waals surface area contributed by atoms with E-state index in [1.807, 2.05) is 18.2 Å². The van der Waals surface area contributed by atoms with Crippen LogP contribution in [0.2, 0.25) is 0 Å². The molecule has 20 nitrogen and oxygen atoms in total. The van der Waals surface area contributed by atoms with E-state index < -0.39 is 108 Å². The highest BCUT2D eigenvalue weighted by Gasteiger charge is 2.42. The topological polar surface area (TPSA) is 270 Å². The summed E-state index contributed by atoms with van der Waals surface area (Å²) in [4.78, 5) is 83.0. The number of carbonyl (C=O) groups excluding carboxylic acids is 6. The average Bonchev–Trinajstić information content (AvgIpc) is 3.28. The van der Waals surface area contributed by atoms with Gasteiger partial charge in [-0.05, 0) is 89.5 Å². The second kappa shape index (κ2) is 29.1. The van der Waals surface area contributed by atoms with Crippen molar-refractivity contribution in [2.75, 3.05) is 58.8 Å². The predicted molar refractivity (Wildman–Crippen MR) is 273 cm³/mol. The van der Waals surface area contributed by atoms with Gasteiger partial charge in [-0.15, -0.1) is 0 Å². The molecule has 0 aliphatic rings. The number of rotatable bonds is 29. The maximum Gasteiger partial charge on any atom is 0.408 e. The number of hydrogen-bond donors (Lipinski definition) is 8. The summed E-state index contributed by atoms with van der Waals surface area (Å²) in [5, 5.41) is 36.4. The molecule has 0 fully saturated rings. The molecular weight excluding hydrogens is 961 g/mol. The molecule has 2 aromatic rings. The summed E-state index contributed by atoms with van der Waals surface area (Å²) in [5.74, 6) is -2.40. The summed E-state index contributed by atoms with van der Waals surface area (Å²) in [6.07, 6.45) is -3.11. The lowest BCUT2D eigenvalue weighted by Crippen LogP contribution is -2.58. The highest BCUT2D eigenvalue weighted by Crippen LogP contribution is 2.44. The number of amides is 5. The molecule has 0 bridgehead atoms. The number of aliphatic hydroxyl groups excluding tert-OH is 2. The molecule has 2 rings (SSSR count). The van der Waals surface area contributed by atoms with Crippen molar-refractivity contribution >= 4 is 68.7 Å². The zero-order valence-electron chi connectivity index (χ0n) is 43.6. The minimum atomic E-state index is -1.24. The second-order valence-corrected chi connectivity index (χ2v) is 22.2. The fraction of sp³-hybridized carbons (Fsp3) is 0.633. The summed E-state index contributed by atoms with van der Waals surface area (Å²) in [5.41, 5.74) is -2.65. The lowest BCUT2D eigenvalue weighted by molar-refractivity contribution is -0.140. The molecule has 0 aliphatic heterocycles. The van der Waals surface area contributed by atoms with Crippen molar-refractivity contribution in [3.05, 3.63) is 48.5 Å². The minimum Gasteiger partial charge on any atom is -0.444 e. The molecule has 400 valence electrons. The Morgan fingerprint density at radius 1 is 0.535 bits per heavy atom. The van der Waals surface area contributed by atoms with Crippen molar-refractivity contribution in [2.45, 2.75) is 153 Å². The number of aliphatic hydroxyl groups is 2. The molecule has 0 radical (unpaired) electrons. The van der Waals surface area contributed by atoms with Crippen LogP contribution in [0.3, 0.4) is 0 Å². The standard InChI is InChI=1S/C49H78N6O14S2/c1-46(2,3)68-44(62)52-32(23-25-56)41(59)54-39(48(7,8)27-37(64-11)65-12)34(58)29-50-30-19-15-17-21-35(30)70-71-36-22-18-16-20-31(36)51-43(61)40(49(9,10)28-38(66-13)67-14)55-42(60)33(24-26-57)53-45(63)69-47(4,5)6/h15-22,32-33,37-40,50,56-57H,23-29H2,1-14H3,(H,51,61)(H,52,62)(H,53,63)(H,54,59)(H,55,60)/t32-,33-,39-,40?/m0/s1. The van der Waals surface area contributed by atoms with Crippen molar-refractivity contribution < 1.29 is 67.4 Å². The molecule has 1 unspecified atom stereocenters. The molecule has 0 spiro atoms. The summed E-state index contributed by atoms with van der Waals surface area (Å²) in [6.45, 7) is 16.0. The van der Waals surface area contributed by atoms with Crippen LogP contribution in [0.15, 0.2) is 58.3 Å². The number of hydrogen-bond acceptors (Lipinski definition) is 17. The number of benzene rings is 2. The van der Waals surface area contributed by atoms with E-state index in [1.54, 1.807) is 99.6 Å². The van der Waals surface area contributed by atoms with Crippen molar-refractivity contribution in [1.82, 2.24) is 21.3 Å². The third-order valence-corrected chi connectivity index (χ3v) is 13.2. The van der Waals surface area contributed by atoms with Gasteiger partial charge in [-0.25, -0.2) is 9.59 Å². The Labute approximate surface area is 426 Å². The molecule has 0 saturated carbocycles. The van der Waals surface area contributed by atoms with Gasteiger partial charge in [0.25, 0.3) is 0 Å². The summed E-state index contributed by atoms with van der Waals surface area (Å²) >= 11 is 0. The van der Waals surface area contributed by atoms with Gasteiger partial charge in [-0.3, -0.25) is 19.2 Å². The van der Waals surface area contributed by atoms with Crippen LogP contribution < -0.4 is 31.9 Å². The lowest BCUT2D eigenvalue weighted by atomic mass is 9.78. The van der Waals surface area contributed by atoms with Crippen molar-refractivity contribution in [3.63, 3.8) is 0 Å². The fourth-order valence-corrected chi connectivity index (χ4v) is 9.33. The van der Waals surface area contributed by atoms with Crippen LogP contribution in [-0.2, 0) is 47.6 Å². The van der Waals surface area contributed by atoms with E-state index in [2.05, 4.69) is 31.9 Å². The largest absolute Gasteiger partial charge is 0.444 e. The number of carbonyl (C=O) groups is 6. The van der Waals surface area contributed by atoms with Gasteiger partial charge in [0.1, 0.15) is 29.3 Å². The number of nitrogens with one attached hydrogen (secondary N) is 6. The predicted octanol–water partition coefficient (Wildman–Crippen LogP) is 6.00. The van der Waals surface area contributed by atoms with Crippen molar-refractivity contribution in [3.8, 4) is 0 Å². The minimum absolute atomic E-state index is 0.141. The lowest BCUT2D eigenvalue weighted by Gasteiger charge is -2.36. The molecule has 4 atom stereocenters. The zero-order valence-corrected chi connectivity index (χ0v) is 45.3. The molecule has 22 heteroatoms. The van der Waals surface area contributed by atoms with Gasteiger partial charge in [0.05, 0.1) is 18.3 Å². The number of ketones is 1. The Balaban J connectivity index is 2.42. The molecule has 2 aromatic carbocycles. The van der Waals surface area contributed by atoms with E-state index in [9.17, 15) is 39.0 Å². The van der Waals surface area contributed by atoms with Gasteiger partial charge >= 0.3 is 12.2 Å². The Kier molecular flexibility index (Phi) is 25.6. The highest BCUT2D eigenvalue weighted by atomic mass is 33.1. The summed E-state index contributed by atoms with van der Waals surface area (Å²) in [6, 6.07) is 9.53. The zero-order chi connectivity index (χ0) is 53.7. The van der Waals surface area contributed by atoms with E-state index >= 15 is 0 Å². The van der Waals surface area contributed by atoms with Crippen LogP contribution in [0.4, 0.5) is 21.0 Å². The van der Waals surface area contributed by atoms with Crippen LogP contribution in [0.1, 0.15) is 94.9 Å².